The fraction of sp³-hybridized carbons (Fsp3) is 0.476. The number of rotatable bonds is 6. The molecule has 148 valence electrons. The number of aliphatic carboxylic acids is 1. The lowest BCUT2D eigenvalue weighted by Crippen LogP contribution is -2.39. The molecule has 0 radical (unpaired) electrons. The average molecular weight is 382 g/mol. The molecule has 4 rings (SSSR count). The molecule has 2 aliphatic rings. The first-order valence-electron chi connectivity index (χ1n) is 9.98. The van der Waals surface area contributed by atoms with Gasteiger partial charge in [0.15, 0.2) is 0 Å². The number of nitrogens with zero attached hydrogens (tertiary/aromatic N) is 4. The van der Waals surface area contributed by atoms with Crippen LogP contribution in [-0.2, 0) is 35.5 Å². The molecular formula is C21H26N4O3. The van der Waals surface area contributed by atoms with E-state index in [2.05, 4.69) is 16.1 Å². The first kappa shape index (κ1) is 18.7. The largest absolute Gasteiger partial charge is 0.481 e. The number of benzene rings is 1. The molecule has 2 aromatic rings. The molecule has 1 amide bonds. The van der Waals surface area contributed by atoms with Crippen LogP contribution in [0.1, 0.15) is 36.2 Å². The number of carboxylic acids is 1. The molecule has 7 heteroatoms. The molecule has 0 atom stereocenters. The number of anilines is 1. The Morgan fingerprint density at radius 2 is 1.96 bits per heavy atom. The summed E-state index contributed by atoms with van der Waals surface area (Å²) < 4.78 is 1.97. The normalized spacial score (nSPS) is 16.5. The number of aromatic nitrogens is 2. The van der Waals surface area contributed by atoms with E-state index >= 15 is 0 Å². The topological polar surface area (TPSA) is 78.7 Å². The second-order valence-electron chi connectivity index (χ2n) is 7.55. The summed E-state index contributed by atoms with van der Waals surface area (Å²) in [7, 11) is 0. The van der Waals surface area contributed by atoms with Gasteiger partial charge in [-0.15, -0.1) is 0 Å². The fourth-order valence-corrected chi connectivity index (χ4v) is 4.11. The number of carbonyl (C=O) groups excluding carboxylic acids is 1. The van der Waals surface area contributed by atoms with Gasteiger partial charge in [0, 0.05) is 44.7 Å². The highest BCUT2D eigenvalue weighted by atomic mass is 16.4. The molecule has 0 spiro atoms. The van der Waals surface area contributed by atoms with Gasteiger partial charge in [0.25, 0.3) is 0 Å². The summed E-state index contributed by atoms with van der Waals surface area (Å²) in [5.41, 5.74) is 4.26. The van der Waals surface area contributed by atoms with Gasteiger partial charge in [0.1, 0.15) is 0 Å². The first-order chi connectivity index (χ1) is 13.6. The molecule has 3 heterocycles. The van der Waals surface area contributed by atoms with Crippen LogP contribution >= 0.6 is 0 Å². The van der Waals surface area contributed by atoms with Crippen LogP contribution in [0.3, 0.4) is 0 Å². The minimum atomic E-state index is -0.801. The van der Waals surface area contributed by atoms with Crippen molar-refractivity contribution in [3.63, 3.8) is 0 Å². The monoisotopic (exact) mass is 382 g/mol. The van der Waals surface area contributed by atoms with E-state index in [-0.39, 0.29) is 12.3 Å². The molecule has 2 aliphatic heterocycles. The summed E-state index contributed by atoms with van der Waals surface area (Å²) in [4.78, 5) is 27.8. The highest BCUT2D eigenvalue weighted by Gasteiger charge is 2.24. The van der Waals surface area contributed by atoms with Gasteiger partial charge in [-0.3, -0.25) is 19.2 Å². The van der Waals surface area contributed by atoms with Crippen molar-refractivity contribution in [2.45, 2.75) is 45.2 Å². The third-order valence-corrected chi connectivity index (χ3v) is 5.58. The number of para-hydroxylation sites is 1. The van der Waals surface area contributed by atoms with Crippen molar-refractivity contribution < 1.29 is 14.7 Å². The second kappa shape index (κ2) is 8.14. The molecular weight excluding hydrogens is 356 g/mol. The van der Waals surface area contributed by atoms with Crippen LogP contribution in [0.15, 0.2) is 30.3 Å². The molecule has 0 aliphatic carbocycles. The Bertz CT molecular complexity index is 876. The minimum absolute atomic E-state index is 0.103. The molecule has 0 bridgehead atoms. The number of aryl methyl sites for hydroxylation is 2. The zero-order valence-electron chi connectivity index (χ0n) is 16.0. The van der Waals surface area contributed by atoms with Gasteiger partial charge in [-0.25, -0.2) is 0 Å². The van der Waals surface area contributed by atoms with Crippen LogP contribution in [-0.4, -0.2) is 51.3 Å². The van der Waals surface area contributed by atoms with E-state index in [0.29, 0.717) is 12.8 Å². The first-order valence-corrected chi connectivity index (χ1v) is 9.98. The van der Waals surface area contributed by atoms with Crippen LogP contribution in [0, 0.1) is 0 Å². The van der Waals surface area contributed by atoms with Gasteiger partial charge in [-0.2, -0.15) is 5.10 Å². The molecule has 1 aromatic heterocycles. The predicted octanol–water partition coefficient (Wildman–Crippen LogP) is 2.09. The molecule has 28 heavy (non-hydrogen) atoms. The summed E-state index contributed by atoms with van der Waals surface area (Å²) >= 11 is 0. The van der Waals surface area contributed by atoms with Crippen molar-refractivity contribution in [2.24, 2.45) is 0 Å². The van der Waals surface area contributed by atoms with Gasteiger partial charge in [-0.05, 0) is 30.5 Å². The Morgan fingerprint density at radius 1 is 1.11 bits per heavy atom. The predicted molar refractivity (Wildman–Crippen MR) is 105 cm³/mol. The van der Waals surface area contributed by atoms with E-state index in [0.717, 1.165) is 62.6 Å². The van der Waals surface area contributed by atoms with E-state index < -0.39 is 5.97 Å². The number of amides is 1. The van der Waals surface area contributed by atoms with Crippen LogP contribution < -0.4 is 4.90 Å². The lowest BCUT2D eigenvalue weighted by atomic mass is 10.0. The minimum Gasteiger partial charge on any atom is -0.481 e. The summed E-state index contributed by atoms with van der Waals surface area (Å²) in [5, 5.41) is 13.3. The SMILES string of the molecule is O=C(O)CCc1cc2n(n1)CCN(CCC(=O)N1CCCc3ccccc31)C2. The summed E-state index contributed by atoms with van der Waals surface area (Å²) in [6.07, 6.45) is 3.13. The lowest BCUT2D eigenvalue weighted by molar-refractivity contribution is -0.137. The third kappa shape index (κ3) is 4.09. The summed E-state index contributed by atoms with van der Waals surface area (Å²) in [5.74, 6) is -0.612. The fourth-order valence-electron chi connectivity index (χ4n) is 4.11. The number of hydrogen-bond acceptors (Lipinski definition) is 4. The quantitative estimate of drug-likeness (QED) is 0.828. The molecule has 1 N–H and O–H groups in total. The molecule has 0 unspecified atom stereocenters. The standard InChI is InChI=1S/C21H26N4O3/c26-20(24-10-3-5-16-4-1-2-6-19(16)24)9-11-23-12-13-25-18(15-23)14-17(22-25)7-8-21(27)28/h1-2,4,6,14H,3,5,7-13,15H2,(H,27,28). The average Bonchev–Trinajstić information content (AvgIpc) is 3.12. The van der Waals surface area contributed by atoms with Gasteiger partial charge < -0.3 is 10.0 Å². The van der Waals surface area contributed by atoms with Crippen LogP contribution in [0.2, 0.25) is 0 Å². The van der Waals surface area contributed by atoms with Crippen LogP contribution in [0.4, 0.5) is 5.69 Å². The van der Waals surface area contributed by atoms with Gasteiger partial charge >= 0.3 is 5.97 Å². The highest BCUT2D eigenvalue weighted by molar-refractivity contribution is 5.94. The van der Waals surface area contributed by atoms with E-state index in [9.17, 15) is 9.59 Å². The van der Waals surface area contributed by atoms with E-state index in [4.69, 9.17) is 5.11 Å². The van der Waals surface area contributed by atoms with Crippen molar-refractivity contribution >= 4 is 17.6 Å². The maximum Gasteiger partial charge on any atom is 0.303 e. The molecule has 7 nitrogen and oxygen atoms in total. The van der Waals surface area contributed by atoms with Crippen molar-refractivity contribution in [2.75, 3.05) is 24.5 Å². The van der Waals surface area contributed by atoms with Gasteiger partial charge in [-0.1, -0.05) is 18.2 Å². The number of fused-ring (bicyclic) bond motifs is 2. The van der Waals surface area contributed by atoms with E-state index in [1.807, 2.05) is 33.8 Å². The van der Waals surface area contributed by atoms with Crippen molar-refractivity contribution in [1.29, 1.82) is 0 Å². The zero-order chi connectivity index (χ0) is 19.5. The van der Waals surface area contributed by atoms with Gasteiger partial charge in [0.05, 0.1) is 24.4 Å². The smallest absolute Gasteiger partial charge is 0.303 e. The number of hydrogen-bond donors (Lipinski definition) is 1. The lowest BCUT2D eigenvalue weighted by Gasteiger charge is -2.31. The number of carboxylic acid groups (broad SMARTS) is 1. The summed E-state index contributed by atoms with van der Waals surface area (Å²) in [6.45, 7) is 3.92. The van der Waals surface area contributed by atoms with Gasteiger partial charge in [0.2, 0.25) is 5.91 Å². The Hall–Kier alpha value is -2.67. The Morgan fingerprint density at radius 3 is 2.82 bits per heavy atom. The maximum absolute atomic E-state index is 12.8. The van der Waals surface area contributed by atoms with Crippen LogP contribution in [0.5, 0.6) is 0 Å². The summed E-state index contributed by atoms with van der Waals surface area (Å²) in [6, 6.07) is 10.2. The van der Waals surface area contributed by atoms with Crippen molar-refractivity contribution in [3.05, 3.63) is 47.3 Å². The molecule has 1 aromatic carbocycles. The molecule has 0 saturated carbocycles. The molecule has 0 fully saturated rings. The second-order valence-corrected chi connectivity index (χ2v) is 7.55. The van der Waals surface area contributed by atoms with Crippen molar-refractivity contribution in [1.82, 2.24) is 14.7 Å². The Labute approximate surface area is 164 Å². The zero-order valence-corrected chi connectivity index (χ0v) is 16.0. The Balaban J connectivity index is 1.33. The van der Waals surface area contributed by atoms with E-state index in [1.54, 1.807) is 0 Å². The number of carbonyl (C=O) groups is 2. The van der Waals surface area contributed by atoms with E-state index in [1.165, 1.54) is 5.56 Å². The highest BCUT2D eigenvalue weighted by Crippen LogP contribution is 2.27. The third-order valence-electron chi connectivity index (χ3n) is 5.58. The molecule has 0 saturated heterocycles. The van der Waals surface area contributed by atoms with Crippen molar-refractivity contribution in [3.8, 4) is 0 Å². The maximum atomic E-state index is 12.8. The van der Waals surface area contributed by atoms with Crippen LogP contribution in [0.25, 0.3) is 0 Å². The Kier molecular flexibility index (Phi) is 5.43.